The lowest BCUT2D eigenvalue weighted by molar-refractivity contribution is -0.432. The maximum Gasteiger partial charge on any atom is 0.296 e. The summed E-state index contributed by atoms with van der Waals surface area (Å²) in [5.41, 5.74) is -0.441. The first-order valence-electron chi connectivity index (χ1n) is 13.3. The second-order valence-corrected chi connectivity index (χ2v) is 13.3. The molecule has 0 saturated carbocycles. The molecule has 0 aliphatic carbocycles. The normalized spacial score (nSPS) is 12.1. The Hall–Kier alpha value is -4.51. The fraction of sp³-hybridized carbons (Fsp3) is 0.0741. The lowest BCUT2D eigenvalue weighted by atomic mass is 10.1. The van der Waals surface area contributed by atoms with Crippen molar-refractivity contribution in [2.45, 2.75) is 21.6 Å². The average molecular weight is 736 g/mol. The highest BCUT2D eigenvalue weighted by Gasteiger charge is 2.25. The Morgan fingerprint density at radius 3 is 2.27 bits per heavy atom. The van der Waals surface area contributed by atoms with Crippen LogP contribution >= 0.6 is 23.6 Å². The molecule has 250 valence electrons. The van der Waals surface area contributed by atoms with Crippen LogP contribution in [0.4, 0.5) is 34.6 Å². The van der Waals surface area contributed by atoms with E-state index in [4.69, 9.17) is 16.9 Å². The van der Waals surface area contributed by atoms with Crippen LogP contribution in [0.1, 0.15) is 6.92 Å². The van der Waals surface area contributed by atoms with Gasteiger partial charge in [-0.25, -0.2) is 5.26 Å². The van der Waals surface area contributed by atoms with Gasteiger partial charge >= 0.3 is 0 Å². The molecule has 0 fully saturated rings. The molecule has 1 aromatic heterocycles. The number of rotatable bonds is 12. The summed E-state index contributed by atoms with van der Waals surface area (Å²) in [6, 6.07) is 17.7. The minimum absolute atomic E-state index is 0.00156. The number of benzene rings is 4. The first kappa shape index (κ1) is 34.8. The molecule has 5 N–H and O–H groups in total. The Morgan fingerprint density at radius 2 is 1.60 bits per heavy atom. The van der Waals surface area contributed by atoms with Crippen molar-refractivity contribution >= 4 is 89.3 Å². The van der Waals surface area contributed by atoms with Gasteiger partial charge in [-0.05, 0) is 66.4 Å². The molecule has 0 aliphatic heterocycles. The summed E-state index contributed by atoms with van der Waals surface area (Å²) in [7, 11) is -9.88. The summed E-state index contributed by atoms with van der Waals surface area (Å²) in [5.74, 6) is -0.806. The third-order valence-electron chi connectivity index (χ3n) is 6.43. The van der Waals surface area contributed by atoms with E-state index in [0.29, 0.717) is 18.6 Å². The van der Waals surface area contributed by atoms with E-state index in [2.05, 4.69) is 39.9 Å². The van der Waals surface area contributed by atoms with Gasteiger partial charge in [0.2, 0.25) is 17.2 Å². The summed E-state index contributed by atoms with van der Waals surface area (Å²) < 4.78 is 72.8. The summed E-state index contributed by atoms with van der Waals surface area (Å²) in [5, 5.41) is 33.9. The summed E-state index contributed by atoms with van der Waals surface area (Å²) in [6.45, 7) is 2.30. The Morgan fingerprint density at radius 1 is 0.917 bits per heavy atom. The first-order chi connectivity index (χ1) is 22.8. The second-order valence-electron chi connectivity index (χ2n) is 9.42. The number of aromatic hydroxyl groups is 1. The summed E-state index contributed by atoms with van der Waals surface area (Å²) in [6.07, 6.45) is 0. The molecular formula is C27H22ClN7O10S3. The maximum atomic E-state index is 12.5. The molecule has 0 aliphatic rings. The number of anilines is 4. The zero-order valence-electron chi connectivity index (χ0n) is 24.2. The summed E-state index contributed by atoms with van der Waals surface area (Å²) >= 11 is 6.76. The molecule has 5 rings (SSSR count). The Balaban J connectivity index is 1.71. The Kier molecular flexibility index (Phi) is 10.4. The van der Waals surface area contributed by atoms with Crippen molar-refractivity contribution in [3.05, 3.63) is 78.1 Å². The van der Waals surface area contributed by atoms with E-state index >= 15 is 0 Å². The maximum absolute atomic E-state index is 12.5. The van der Waals surface area contributed by atoms with Gasteiger partial charge in [0.15, 0.2) is 5.75 Å². The second kappa shape index (κ2) is 14.3. The third kappa shape index (κ3) is 7.78. The van der Waals surface area contributed by atoms with Crippen LogP contribution in [0.2, 0.25) is 5.28 Å². The fourth-order valence-corrected chi connectivity index (χ4v) is 6.39. The predicted molar refractivity (Wildman–Crippen MR) is 174 cm³/mol. The van der Waals surface area contributed by atoms with Gasteiger partial charge in [-0.2, -0.15) is 31.8 Å². The van der Waals surface area contributed by atoms with E-state index < -0.39 is 47.2 Å². The lowest BCUT2D eigenvalue weighted by Gasteiger charge is -2.21. The topological polar surface area (TPSA) is 246 Å². The highest BCUT2D eigenvalue weighted by Crippen LogP contribution is 2.46. The van der Waals surface area contributed by atoms with Gasteiger partial charge in [0.1, 0.15) is 21.2 Å². The zero-order chi connectivity index (χ0) is 34.6. The molecule has 5 aromatic rings. The molecule has 0 radical (unpaired) electrons. The molecule has 0 bridgehead atoms. The molecule has 0 atom stereocenters. The molecule has 0 spiro atoms. The van der Waals surface area contributed by atoms with Crippen molar-refractivity contribution in [3.63, 3.8) is 0 Å². The number of fused-ring (bicyclic) bond motifs is 1. The smallest absolute Gasteiger partial charge is 0.296 e. The molecule has 0 amide bonds. The van der Waals surface area contributed by atoms with Gasteiger partial charge in [-0.3, -0.25) is 9.11 Å². The molecule has 0 unspecified atom stereocenters. The third-order valence-corrected chi connectivity index (χ3v) is 8.93. The number of para-hydroxylation sites is 1. The van der Waals surface area contributed by atoms with E-state index in [1.54, 1.807) is 4.90 Å². The lowest BCUT2D eigenvalue weighted by Crippen LogP contribution is -2.19. The van der Waals surface area contributed by atoms with Crippen molar-refractivity contribution in [3.8, 4) is 5.75 Å². The van der Waals surface area contributed by atoms with Gasteiger partial charge in [0.25, 0.3) is 20.2 Å². The highest BCUT2D eigenvalue weighted by atomic mass is 35.5. The molecule has 1 heterocycles. The number of nitrogens with zero attached hydrogens (tertiary/aromatic N) is 6. The van der Waals surface area contributed by atoms with Gasteiger partial charge in [0.05, 0.1) is 17.7 Å². The molecule has 4 aromatic carbocycles. The number of phenols is 1. The minimum Gasteiger partial charge on any atom is -0.505 e. The van der Waals surface area contributed by atoms with Gasteiger partial charge in [-0.15, -0.1) is 14.6 Å². The fourth-order valence-electron chi connectivity index (χ4n) is 4.50. The highest BCUT2D eigenvalue weighted by molar-refractivity contribution is 7.94. The van der Waals surface area contributed by atoms with Crippen LogP contribution in [0, 0.1) is 0 Å². The molecule has 21 heteroatoms. The summed E-state index contributed by atoms with van der Waals surface area (Å²) in [4.78, 5) is 13.1. The van der Waals surface area contributed by atoms with Crippen LogP contribution in [0.15, 0.2) is 97.7 Å². The first-order valence-corrected chi connectivity index (χ1v) is 17.3. The average Bonchev–Trinajstić information content (AvgIpc) is 3.03. The number of azo groups is 1. The monoisotopic (exact) mass is 735 g/mol. The van der Waals surface area contributed by atoms with E-state index in [0.717, 1.165) is 23.9 Å². The van der Waals surface area contributed by atoms with Crippen LogP contribution in [-0.2, 0) is 29.6 Å². The Bertz CT molecular complexity index is 2250. The molecular weight excluding hydrogens is 714 g/mol. The van der Waals surface area contributed by atoms with Crippen LogP contribution in [0.25, 0.3) is 10.8 Å². The van der Waals surface area contributed by atoms with E-state index in [9.17, 15) is 31.0 Å². The largest absolute Gasteiger partial charge is 0.505 e. The van der Waals surface area contributed by atoms with Crippen LogP contribution in [-0.4, -0.2) is 57.8 Å². The number of phenolic OH excluding ortho intramolecular Hbond substituents is 1. The molecule has 17 nitrogen and oxygen atoms in total. The van der Waals surface area contributed by atoms with Crippen LogP contribution in [0.5, 0.6) is 5.75 Å². The van der Waals surface area contributed by atoms with Crippen LogP contribution < -0.4 is 10.2 Å². The van der Waals surface area contributed by atoms with E-state index in [1.807, 2.05) is 37.3 Å². The minimum atomic E-state index is -5.10. The van der Waals surface area contributed by atoms with Crippen molar-refractivity contribution in [2.75, 3.05) is 16.8 Å². The van der Waals surface area contributed by atoms with Gasteiger partial charge in [0, 0.05) is 22.5 Å². The van der Waals surface area contributed by atoms with E-state index in [1.165, 1.54) is 24.3 Å². The van der Waals surface area contributed by atoms with E-state index in [-0.39, 0.29) is 38.5 Å². The van der Waals surface area contributed by atoms with Crippen molar-refractivity contribution < 1.29 is 45.7 Å². The number of aromatic nitrogens is 3. The number of hydrogen-bond acceptors (Lipinski definition) is 16. The number of hydrogen-bond donors (Lipinski definition) is 5. The zero-order valence-corrected chi connectivity index (χ0v) is 27.4. The van der Waals surface area contributed by atoms with Gasteiger partial charge in [-0.1, -0.05) is 35.4 Å². The quantitative estimate of drug-likeness (QED) is 0.0297. The van der Waals surface area contributed by atoms with Gasteiger partial charge < -0.3 is 15.3 Å². The van der Waals surface area contributed by atoms with Crippen LogP contribution in [0.3, 0.4) is 0 Å². The molecule has 0 saturated heterocycles. The number of halogens is 1. The SMILES string of the molecule is CCN(c1ccccc1)c1nc(Cl)nc(Nc2cc(SOOO)cc3cc(S(=O)(=O)O)c(N=Nc4ccccc4S(=O)(=O)O)c(O)c23)n1. The van der Waals surface area contributed by atoms with Crippen molar-refractivity contribution in [1.82, 2.24) is 15.0 Å². The Labute approximate surface area is 281 Å². The van der Waals surface area contributed by atoms with Crippen molar-refractivity contribution in [2.24, 2.45) is 10.2 Å². The number of nitrogens with one attached hydrogen (secondary N) is 1. The predicted octanol–water partition coefficient (Wildman–Crippen LogP) is 6.62. The van der Waals surface area contributed by atoms with Crippen molar-refractivity contribution in [1.29, 1.82) is 0 Å². The standard InChI is InChI=1S/C27H22ClN7O10S3/c1-2-35(16-8-4-3-5-9-16)27-31-25(28)30-26(32-27)29-19-14-17(46-45-44-37)12-15-13-21(48(41,42)43)23(24(36)22(15)19)34-33-18-10-6-7-11-20(18)47(38,39)40/h3-14,36-37H,2H2,1H3,(H,38,39,40)(H,41,42,43)(H,29,30,31,32). The molecule has 48 heavy (non-hydrogen) atoms.